The van der Waals surface area contributed by atoms with Crippen molar-refractivity contribution in [1.82, 2.24) is 0 Å². The predicted molar refractivity (Wildman–Crippen MR) is 113 cm³/mol. The van der Waals surface area contributed by atoms with Crippen molar-refractivity contribution in [3.05, 3.63) is 108 Å². The van der Waals surface area contributed by atoms with E-state index in [-0.39, 0.29) is 11.7 Å². The van der Waals surface area contributed by atoms with E-state index in [1.165, 1.54) is 0 Å². The topological polar surface area (TPSA) is 51.2 Å². The van der Waals surface area contributed by atoms with Gasteiger partial charge in [0.2, 0.25) is 5.78 Å². The molecule has 2 aliphatic rings. The van der Waals surface area contributed by atoms with Crippen molar-refractivity contribution in [2.24, 2.45) is 5.41 Å². The average Bonchev–Trinajstić information content (AvgIpc) is 2.94. The third kappa shape index (κ3) is 2.29. The van der Waals surface area contributed by atoms with Crippen LogP contribution in [-0.2, 0) is 14.3 Å². The monoisotopic (exact) mass is 398 g/mol. The van der Waals surface area contributed by atoms with Gasteiger partial charge in [0.1, 0.15) is 5.41 Å². The van der Waals surface area contributed by atoms with Crippen molar-refractivity contribution in [3.63, 3.8) is 0 Å². The van der Waals surface area contributed by atoms with Crippen LogP contribution in [0.5, 0.6) is 0 Å². The van der Waals surface area contributed by atoms with Crippen LogP contribution in [0, 0.1) is 5.41 Å². The lowest BCUT2D eigenvalue weighted by molar-refractivity contribution is -0.140. The quantitative estimate of drug-likeness (QED) is 0.360. The average molecular weight is 398 g/mol. The number of thioether (sulfide) groups is 1. The third-order valence-corrected chi connectivity index (χ3v) is 7.85. The lowest BCUT2D eigenvalue weighted by Gasteiger charge is -2.58. The summed E-state index contributed by atoms with van der Waals surface area (Å²) in [5.41, 5.74) is 1.01. The standard InChI is InChI=1S/C25H18O3S/c26-21(18-12-6-2-7-13-18)24-16-20(17-10-4-1-5-11-17)25(24,29-23(28)22(24)27)19-14-8-3-9-15-19/h1-15,20H,16H2/t20-,24+,25+/m0/s1. The van der Waals surface area contributed by atoms with Gasteiger partial charge in [-0.3, -0.25) is 14.4 Å². The molecule has 3 aromatic carbocycles. The summed E-state index contributed by atoms with van der Waals surface area (Å²) >= 11 is 1.04. The molecule has 1 saturated heterocycles. The highest BCUT2D eigenvalue weighted by Crippen LogP contribution is 2.75. The molecule has 1 aliphatic heterocycles. The van der Waals surface area contributed by atoms with E-state index in [9.17, 15) is 14.4 Å². The summed E-state index contributed by atoms with van der Waals surface area (Å²) in [6.07, 6.45) is 0.344. The smallest absolute Gasteiger partial charge is 0.257 e. The van der Waals surface area contributed by atoms with Gasteiger partial charge in [-0.25, -0.2) is 0 Å². The number of carbonyl (C=O) groups is 3. The van der Waals surface area contributed by atoms with E-state index in [4.69, 9.17) is 0 Å². The number of benzene rings is 3. The van der Waals surface area contributed by atoms with Crippen LogP contribution in [-0.4, -0.2) is 16.7 Å². The Labute approximate surface area is 173 Å². The molecule has 3 nitrogen and oxygen atoms in total. The lowest BCUT2D eigenvalue weighted by Crippen LogP contribution is -2.62. The molecule has 3 aromatic rings. The van der Waals surface area contributed by atoms with Gasteiger partial charge in [0.15, 0.2) is 5.78 Å². The van der Waals surface area contributed by atoms with Crippen molar-refractivity contribution in [1.29, 1.82) is 0 Å². The first-order valence-electron chi connectivity index (χ1n) is 9.59. The maximum Gasteiger partial charge on any atom is 0.257 e. The Hall–Kier alpha value is -2.98. The maximum absolute atomic E-state index is 13.8. The van der Waals surface area contributed by atoms with E-state index < -0.39 is 21.1 Å². The Morgan fingerprint density at radius 2 is 1.34 bits per heavy atom. The summed E-state index contributed by atoms with van der Waals surface area (Å²) in [4.78, 5) is 39.8. The molecule has 1 aliphatic carbocycles. The fraction of sp³-hybridized carbons (Fsp3) is 0.160. The van der Waals surface area contributed by atoms with Crippen LogP contribution in [0.1, 0.15) is 33.8 Å². The molecule has 0 radical (unpaired) electrons. The molecule has 0 unspecified atom stereocenters. The summed E-state index contributed by atoms with van der Waals surface area (Å²) in [7, 11) is 0. The molecule has 2 fully saturated rings. The van der Waals surface area contributed by atoms with Gasteiger partial charge in [-0.15, -0.1) is 0 Å². The SMILES string of the molecule is O=C1S[C@]2(c3ccccc3)[C@H](c3ccccc3)C[C@@]2(C(=O)c2ccccc2)C1=O. The molecule has 1 heterocycles. The summed E-state index contributed by atoms with van der Waals surface area (Å²) in [5, 5.41) is -0.517. The molecule has 142 valence electrons. The van der Waals surface area contributed by atoms with Gasteiger partial charge >= 0.3 is 0 Å². The van der Waals surface area contributed by atoms with Crippen molar-refractivity contribution >= 4 is 28.4 Å². The molecule has 0 spiro atoms. The number of ketones is 2. The van der Waals surface area contributed by atoms with E-state index in [1.807, 2.05) is 66.7 Å². The highest BCUT2D eigenvalue weighted by Gasteiger charge is 2.79. The zero-order chi connectivity index (χ0) is 20.1. The van der Waals surface area contributed by atoms with Crippen LogP contribution in [0.3, 0.4) is 0 Å². The van der Waals surface area contributed by atoms with E-state index in [0.29, 0.717) is 12.0 Å². The van der Waals surface area contributed by atoms with Gasteiger partial charge < -0.3 is 0 Å². The fourth-order valence-electron chi connectivity index (χ4n) is 4.98. The Kier molecular flexibility index (Phi) is 4.07. The number of Topliss-reactive ketones (excluding diaryl/α,β-unsaturated/α-hetero) is 2. The Bertz CT molecular complexity index is 1110. The predicted octanol–water partition coefficient (Wildman–Crippen LogP) is 4.78. The first kappa shape index (κ1) is 18.1. The van der Waals surface area contributed by atoms with Gasteiger partial charge in [-0.05, 0) is 17.5 Å². The van der Waals surface area contributed by atoms with Crippen molar-refractivity contribution in [3.8, 4) is 0 Å². The van der Waals surface area contributed by atoms with Crippen LogP contribution in [0.15, 0.2) is 91.0 Å². The van der Waals surface area contributed by atoms with Crippen LogP contribution in [0.2, 0.25) is 0 Å². The van der Waals surface area contributed by atoms with Crippen LogP contribution < -0.4 is 0 Å². The molecule has 1 saturated carbocycles. The number of rotatable bonds is 4. The summed E-state index contributed by atoms with van der Waals surface area (Å²) < 4.78 is -0.920. The van der Waals surface area contributed by atoms with Gasteiger partial charge in [0.05, 0.1) is 4.75 Å². The van der Waals surface area contributed by atoms with Crippen LogP contribution in [0.25, 0.3) is 0 Å². The Morgan fingerprint density at radius 3 is 1.97 bits per heavy atom. The lowest BCUT2D eigenvalue weighted by atomic mass is 9.46. The van der Waals surface area contributed by atoms with Gasteiger partial charge in [-0.2, -0.15) is 0 Å². The minimum atomic E-state index is -1.36. The zero-order valence-corrected chi connectivity index (χ0v) is 16.4. The summed E-state index contributed by atoms with van der Waals surface area (Å²) in [6.45, 7) is 0. The fourth-order valence-corrected chi connectivity index (χ4v) is 6.60. The van der Waals surface area contributed by atoms with E-state index in [2.05, 4.69) is 0 Å². The molecule has 29 heavy (non-hydrogen) atoms. The normalized spacial score (nSPS) is 27.9. The van der Waals surface area contributed by atoms with Crippen LogP contribution >= 0.6 is 11.8 Å². The van der Waals surface area contributed by atoms with Gasteiger partial charge in [-0.1, -0.05) is 103 Å². The molecular formula is C25H18O3S. The molecule has 0 amide bonds. The van der Waals surface area contributed by atoms with E-state index in [1.54, 1.807) is 24.3 Å². The second-order valence-corrected chi connectivity index (χ2v) is 8.81. The zero-order valence-electron chi connectivity index (χ0n) is 15.6. The van der Waals surface area contributed by atoms with Crippen molar-refractivity contribution < 1.29 is 14.4 Å². The number of hydrogen-bond donors (Lipinski definition) is 0. The molecular weight excluding hydrogens is 380 g/mol. The molecule has 0 N–H and O–H groups in total. The largest absolute Gasteiger partial charge is 0.293 e. The van der Waals surface area contributed by atoms with Crippen molar-refractivity contribution in [2.45, 2.75) is 17.1 Å². The van der Waals surface area contributed by atoms with E-state index in [0.717, 1.165) is 22.9 Å². The van der Waals surface area contributed by atoms with Gasteiger partial charge in [0.25, 0.3) is 5.12 Å². The number of carbonyl (C=O) groups excluding carboxylic acids is 3. The van der Waals surface area contributed by atoms with Crippen molar-refractivity contribution in [2.75, 3.05) is 0 Å². The second-order valence-electron chi connectivity index (χ2n) is 7.59. The first-order chi connectivity index (χ1) is 14.1. The van der Waals surface area contributed by atoms with E-state index >= 15 is 0 Å². The first-order valence-corrected chi connectivity index (χ1v) is 10.4. The van der Waals surface area contributed by atoms with Gasteiger partial charge in [0, 0.05) is 11.5 Å². The van der Waals surface area contributed by atoms with Crippen LogP contribution in [0.4, 0.5) is 0 Å². The minimum Gasteiger partial charge on any atom is -0.293 e. The maximum atomic E-state index is 13.8. The Morgan fingerprint density at radius 1 is 0.793 bits per heavy atom. The highest BCUT2D eigenvalue weighted by molar-refractivity contribution is 8.17. The summed E-state index contributed by atoms with van der Waals surface area (Å²) in [6, 6.07) is 28.3. The molecule has 3 atom stereocenters. The Balaban J connectivity index is 1.75. The summed E-state index contributed by atoms with van der Waals surface area (Å²) in [5.74, 6) is -0.913. The highest BCUT2D eigenvalue weighted by atomic mass is 32.2. The third-order valence-electron chi connectivity index (χ3n) is 6.29. The molecule has 0 aromatic heterocycles. The number of fused-ring (bicyclic) bond motifs is 1. The molecule has 0 bridgehead atoms. The minimum absolute atomic E-state index is 0.0980. The molecule has 5 rings (SSSR count). The number of hydrogen-bond acceptors (Lipinski definition) is 4. The second kappa shape index (κ2) is 6.53. The molecule has 4 heteroatoms.